The zero-order valence-corrected chi connectivity index (χ0v) is 14.4. The Labute approximate surface area is 146 Å². The molecule has 25 heavy (non-hydrogen) atoms. The fraction of sp³-hybridized carbons (Fsp3) is 0.267. The molecule has 10 heteroatoms. The van der Waals surface area contributed by atoms with Crippen LogP contribution in [0.2, 0.25) is 0 Å². The number of amides is 2. The van der Waals surface area contributed by atoms with Crippen LogP contribution in [0.3, 0.4) is 0 Å². The van der Waals surface area contributed by atoms with Gasteiger partial charge in [0.15, 0.2) is 0 Å². The van der Waals surface area contributed by atoms with E-state index < -0.39 is 16.9 Å². The second-order valence-corrected chi connectivity index (χ2v) is 5.86. The van der Waals surface area contributed by atoms with Crippen LogP contribution in [0.5, 0.6) is 0 Å². The highest BCUT2D eigenvalue weighted by molar-refractivity contribution is 7.12. The summed E-state index contributed by atoms with van der Waals surface area (Å²) in [6.45, 7) is 2.36. The maximum absolute atomic E-state index is 11.7. The number of hydrogen-bond donors (Lipinski definition) is 1. The number of benzene rings is 1. The van der Waals surface area contributed by atoms with Crippen LogP contribution in [-0.2, 0) is 11.3 Å². The number of hydrogen-bond acceptors (Lipinski definition) is 6. The molecule has 0 radical (unpaired) electrons. The van der Waals surface area contributed by atoms with Gasteiger partial charge in [-0.25, -0.2) is 9.59 Å². The molecule has 1 N–H and O–H groups in total. The van der Waals surface area contributed by atoms with Gasteiger partial charge in [0.05, 0.1) is 30.3 Å². The first-order valence-electron chi connectivity index (χ1n) is 7.29. The Morgan fingerprint density at radius 3 is 2.84 bits per heavy atom. The van der Waals surface area contributed by atoms with Crippen LogP contribution in [-0.4, -0.2) is 35.1 Å². The van der Waals surface area contributed by atoms with Crippen LogP contribution >= 0.6 is 11.3 Å². The third kappa shape index (κ3) is 4.73. The van der Waals surface area contributed by atoms with Crippen molar-refractivity contribution in [1.29, 1.82) is 0 Å². The topological polar surface area (TPSA) is 116 Å². The third-order valence-electron chi connectivity index (χ3n) is 3.11. The van der Waals surface area contributed by atoms with Crippen molar-refractivity contribution < 1.29 is 19.2 Å². The molecule has 0 spiro atoms. The summed E-state index contributed by atoms with van der Waals surface area (Å²) in [6.07, 6.45) is 1.31. The molecular weight excluding hydrogens is 348 g/mol. The van der Waals surface area contributed by atoms with Crippen LogP contribution in [0.4, 0.5) is 9.80 Å². The van der Waals surface area contributed by atoms with E-state index in [1.165, 1.54) is 17.9 Å². The zero-order valence-electron chi connectivity index (χ0n) is 13.6. The highest BCUT2D eigenvalue weighted by Gasteiger charge is 2.14. The predicted molar refractivity (Wildman–Crippen MR) is 90.5 cm³/mol. The average molecular weight is 364 g/mol. The summed E-state index contributed by atoms with van der Waals surface area (Å²) in [5, 5.41) is 13.4. The van der Waals surface area contributed by atoms with Gasteiger partial charge in [-0.3, -0.25) is 10.1 Å². The molecule has 1 heterocycles. The van der Waals surface area contributed by atoms with E-state index in [4.69, 9.17) is 0 Å². The summed E-state index contributed by atoms with van der Waals surface area (Å²) in [5.74, 6) is -0.476. The number of nitrogens with one attached hydrogen (secondary N) is 1. The van der Waals surface area contributed by atoms with E-state index in [1.54, 1.807) is 31.2 Å². The molecule has 2 rings (SSSR count). The Kier molecular flexibility index (Phi) is 6.01. The predicted octanol–water partition coefficient (Wildman–Crippen LogP) is 1.92. The van der Waals surface area contributed by atoms with Crippen molar-refractivity contribution in [3.05, 3.63) is 56.5 Å². The van der Waals surface area contributed by atoms with Gasteiger partial charge in [-0.05, 0) is 36.0 Å². The molecule has 132 valence electrons. The minimum absolute atomic E-state index is 0.132. The molecule has 1 aromatic heterocycles. The first-order valence-corrected chi connectivity index (χ1v) is 8.10. The summed E-state index contributed by atoms with van der Waals surface area (Å²) in [4.78, 5) is 37.8. The number of urea groups is 1. The number of nitrogens with zero attached hydrogens (tertiary/aromatic N) is 3. The van der Waals surface area contributed by atoms with Gasteiger partial charge in [0, 0.05) is 6.54 Å². The van der Waals surface area contributed by atoms with Crippen molar-refractivity contribution in [2.75, 3.05) is 13.7 Å². The van der Waals surface area contributed by atoms with Crippen molar-refractivity contribution in [1.82, 2.24) is 9.88 Å². The first kappa shape index (κ1) is 18.3. The van der Waals surface area contributed by atoms with Gasteiger partial charge in [-0.15, -0.1) is 0 Å². The quantitative estimate of drug-likeness (QED) is 0.494. The molecule has 1 aromatic carbocycles. The summed E-state index contributed by atoms with van der Waals surface area (Å²) >= 11 is 0.801. The molecular formula is C15H16N4O5S. The number of carbonyl (C=O) groups is 2. The minimum Gasteiger partial charge on any atom is -0.465 e. The summed E-state index contributed by atoms with van der Waals surface area (Å²) in [5.41, 5.74) is 1.08. The van der Waals surface area contributed by atoms with Crippen molar-refractivity contribution in [3.8, 4) is 0 Å². The molecule has 2 amide bonds. The number of carbonyl (C=O) groups excluding carboxylic acids is 2. The van der Waals surface area contributed by atoms with E-state index in [1.807, 2.05) is 0 Å². The van der Waals surface area contributed by atoms with Gasteiger partial charge in [0.1, 0.15) is 0 Å². The molecule has 0 aliphatic rings. The van der Waals surface area contributed by atoms with Crippen molar-refractivity contribution in [3.63, 3.8) is 0 Å². The fourth-order valence-corrected chi connectivity index (χ4v) is 2.85. The second kappa shape index (κ2) is 8.20. The average Bonchev–Trinajstić information content (AvgIpc) is 2.97. The molecule has 2 aromatic rings. The second-order valence-electron chi connectivity index (χ2n) is 4.88. The Bertz CT molecular complexity index is 871. The van der Waals surface area contributed by atoms with Gasteiger partial charge in [0.25, 0.3) is 0 Å². The summed E-state index contributed by atoms with van der Waals surface area (Å²) in [7, 11) is 1.29. The SMILES string of the molecule is CCNC(=O)/N=c1\sc([N+](=O)[O-])cn1Cc1cccc(C(=O)OC)c1. The highest BCUT2D eigenvalue weighted by atomic mass is 32.1. The molecule has 0 unspecified atom stereocenters. The number of aromatic nitrogens is 1. The maximum Gasteiger partial charge on any atom is 0.343 e. The van der Waals surface area contributed by atoms with Crippen molar-refractivity contribution in [2.45, 2.75) is 13.5 Å². The van der Waals surface area contributed by atoms with Crippen LogP contribution in [0.15, 0.2) is 35.5 Å². The molecule has 0 bridgehead atoms. The number of methoxy groups -OCH3 is 1. The summed E-state index contributed by atoms with van der Waals surface area (Å²) < 4.78 is 6.17. The molecule has 0 atom stereocenters. The Balaban J connectivity index is 2.40. The zero-order chi connectivity index (χ0) is 18.4. The van der Waals surface area contributed by atoms with E-state index in [0.29, 0.717) is 17.7 Å². The third-order valence-corrected chi connectivity index (χ3v) is 4.09. The number of ether oxygens (including phenoxy) is 1. The minimum atomic E-state index is -0.573. The van der Waals surface area contributed by atoms with Gasteiger partial charge in [-0.2, -0.15) is 4.99 Å². The lowest BCUT2D eigenvalue weighted by molar-refractivity contribution is -0.380. The lowest BCUT2D eigenvalue weighted by Gasteiger charge is -2.05. The van der Waals surface area contributed by atoms with Gasteiger partial charge >= 0.3 is 17.0 Å². The monoisotopic (exact) mass is 364 g/mol. The summed E-state index contributed by atoms with van der Waals surface area (Å²) in [6, 6.07) is 6.10. The maximum atomic E-state index is 11.7. The number of thiazole rings is 1. The molecule has 0 saturated heterocycles. The van der Waals surface area contributed by atoms with E-state index in [0.717, 1.165) is 11.3 Å². The van der Waals surface area contributed by atoms with Crippen LogP contribution in [0, 0.1) is 10.1 Å². The van der Waals surface area contributed by atoms with Gasteiger partial charge in [-0.1, -0.05) is 12.1 Å². The van der Waals surface area contributed by atoms with E-state index in [-0.39, 0.29) is 16.3 Å². The standard InChI is InChI=1S/C15H16N4O5S/c1-3-16-14(21)17-15-18(9-12(25-15)19(22)23)8-10-5-4-6-11(7-10)13(20)24-2/h4-7,9H,3,8H2,1-2H3,(H,16,21)/b17-15-. The Hall–Kier alpha value is -3.01. The lowest BCUT2D eigenvalue weighted by atomic mass is 10.1. The van der Waals surface area contributed by atoms with Crippen molar-refractivity contribution >= 4 is 28.3 Å². The first-order chi connectivity index (χ1) is 11.9. The van der Waals surface area contributed by atoms with Crippen LogP contribution in [0.25, 0.3) is 0 Å². The number of nitro groups is 1. The van der Waals surface area contributed by atoms with E-state index in [2.05, 4.69) is 15.0 Å². The largest absolute Gasteiger partial charge is 0.465 e. The van der Waals surface area contributed by atoms with Crippen LogP contribution in [0.1, 0.15) is 22.8 Å². The fourth-order valence-electron chi connectivity index (χ4n) is 2.04. The smallest absolute Gasteiger partial charge is 0.343 e. The van der Waals surface area contributed by atoms with E-state index >= 15 is 0 Å². The molecule has 0 aliphatic carbocycles. The van der Waals surface area contributed by atoms with Gasteiger partial charge in [0.2, 0.25) is 4.80 Å². The highest BCUT2D eigenvalue weighted by Crippen LogP contribution is 2.16. The normalized spacial score (nSPS) is 11.2. The lowest BCUT2D eigenvalue weighted by Crippen LogP contribution is -2.24. The van der Waals surface area contributed by atoms with Crippen LogP contribution < -0.4 is 10.1 Å². The molecule has 0 fully saturated rings. The Morgan fingerprint density at radius 1 is 1.44 bits per heavy atom. The van der Waals surface area contributed by atoms with E-state index in [9.17, 15) is 19.7 Å². The number of rotatable bonds is 5. The molecule has 0 saturated carbocycles. The van der Waals surface area contributed by atoms with Gasteiger partial charge < -0.3 is 14.6 Å². The van der Waals surface area contributed by atoms with Crippen molar-refractivity contribution in [2.24, 2.45) is 4.99 Å². The molecule has 0 aliphatic heterocycles. The number of esters is 1. The Morgan fingerprint density at radius 2 is 2.20 bits per heavy atom. The molecule has 9 nitrogen and oxygen atoms in total.